The van der Waals surface area contributed by atoms with E-state index < -0.39 is 0 Å². The zero-order valence-electron chi connectivity index (χ0n) is 10.4. The second kappa shape index (κ2) is 6.21. The Hall–Kier alpha value is -0.610. The molecule has 4 heteroatoms. The molecule has 1 aliphatic carbocycles. The summed E-state index contributed by atoms with van der Waals surface area (Å²) in [7, 11) is 2.07. The summed E-state index contributed by atoms with van der Waals surface area (Å²) >= 11 is 0. The second-order valence-electron chi connectivity index (χ2n) is 4.98. The van der Waals surface area contributed by atoms with Crippen LogP contribution >= 0.6 is 0 Å². The number of primary amides is 1. The number of hydrogen-bond donors (Lipinski definition) is 2. The molecule has 0 atom stereocenters. The molecule has 0 aromatic carbocycles. The molecule has 0 heterocycles. The van der Waals surface area contributed by atoms with E-state index in [0.29, 0.717) is 13.0 Å². The molecule has 1 saturated carbocycles. The maximum Gasteiger partial charge on any atom is 0.218 e. The minimum atomic E-state index is -0.229. The number of rotatable bonds is 5. The summed E-state index contributed by atoms with van der Waals surface area (Å²) in [5, 5.41) is 0. The molecule has 0 bridgehead atoms. The highest BCUT2D eigenvalue weighted by Gasteiger charge is 2.33. The van der Waals surface area contributed by atoms with E-state index in [2.05, 4.69) is 11.9 Å². The van der Waals surface area contributed by atoms with Crippen LogP contribution in [0.5, 0.6) is 0 Å². The van der Waals surface area contributed by atoms with Gasteiger partial charge in [-0.2, -0.15) is 0 Å². The quantitative estimate of drug-likeness (QED) is 0.684. The molecule has 0 aromatic heterocycles. The van der Waals surface area contributed by atoms with Crippen molar-refractivity contribution >= 4 is 5.91 Å². The van der Waals surface area contributed by atoms with Crippen molar-refractivity contribution < 1.29 is 4.79 Å². The summed E-state index contributed by atoms with van der Waals surface area (Å²) in [6, 6.07) is 0. The third-order valence-corrected chi connectivity index (χ3v) is 3.92. The molecule has 0 aliphatic heterocycles. The van der Waals surface area contributed by atoms with E-state index in [-0.39, 0.29) is 11.4 Å². The van der Waals surface area contributed by atoms with E-state index in [1.165, 1.54) is 25.7 Å². The van der Waals surface area contributed by atoms with Crippen LogP contribution in [0.2, 0.25) is 0 Å². The van der Waals surface area contributed by atoms with Crippen molar-refractivity contribution in [1.29, 1.82) is 0 Å². The lowest BCUT2D eigenvalue weighted by molar-refractivity contribution is -0.118. The van der Waals surface area contributed by atoms with Gasteiger partial charge in [0.15, 0.2) is 0 Å². The molecule has 1 aliphatic rings. The summed E-state index contributed by atoms with van der Waals surface area (Å²) < 4.78 is 0. The molecule has 4 N–H and O–H groups in total. The number of hydrogen-bond acceptors (Lipinski definition) is 3. The normalized spacial score (nSPS) is 20.7. The van der Waals surface area contributed by atoms with Crippen LogP contribution in [0.4, 0.5) is 0 Å². The molecule has 4 nitrogen and oxygen atoms in total. The predicted molar refractivity (Wildman–Crippen MR) is 65.9 cm³/mol. The van der Waals surface area contributed by atoms with Crippen molar-refractivity contribution in [3.05, 3.63) is 0 Å². The van der Waals surface area contributed by atoms with Crippen molar-refractivity contribution in [1.82, 2.24) is 4.90 Å². The van der Waals surface area contributed by atoms with Crippen molar-refractivity contribution in [2.75, 3.05) is 20.1 Å². The van der Waals surface area contributed by atoms with Gasteiger partial charge < -0.3 is 11.5 Å². The molecule has 94 valence electrons. The Bertz CT molecular complexity index is 222. The predicted octanol–water partition coefficient (Wildman–Crippen LogP) is 0.845. The number of nitrogens with two attached hydrogens (primary N) is 2. The van der Waals surface area contributed by atoms with Crippen LogP contribution < -0.4 is 11.5 Å². The van der Waals surface area contributed by atoms with Gasteiger partial charge in [0.1, 0.15) is 0 Å². The van der Waals surface area contributed by atoms with Crippen LogP contribution in [0, 0.1) is 0 Å². The largest absolute Gasteiger partial charge is 0.370 e. The molecule has 1 fully saturated rings. The third-order valence-electron chi connectivity index (χ3n) is 3.92. The molecule has 0 radical (unpaired) electrons. The molecule has 0 unspecified atom stereocenters. The van der Waals surface area contributed by atoms with Crippen LogP contribution in [-0.2, 0) is 4.79 Å². The van der Waals surface area contributed by atoms with Crippen LogP contribution in [0.3, 0.4) is 0 Å². The lowest BCUT2D eigenvalue weighted by Crippen LogP contribution is -2.52. The Morgan fingerprint density at radius 2 is 1.81 bits per heavy atom. The highest BCUT2D eigenvalue weighted by molar-refractivity contribution is 5.73. The van der Waals surface area contributed by atoms with E-state index >= 15 is 0 Å². The summed E-state index contributed by atoms with van der Waals surface area (Å²) in [6.45, 7) is 1.41. The standard InChI is InChI=1S/C12H25N3O/c1-15(9-6-11(14)16)12(10-13)7-4-2-3-5-8-12/h2-10,13H2,1H3,(H2,14,16). The van der Waals surface area contributed by atoms with Gasteiger partial charge in [-0.05, 0) is 19.9 Å². The minimum absolute atomic E-state index is 0.103. The zero-order chi connectivity index (χ0) is 12.0. The molecular weight excluding hydrogens is 202 g/mol. The minimum Gasteiger partial charge on any atom is -0.370 e. The molecule has 1 amide bonds. The average molecular weight is 227 g/mol. The summed E-state index contributed by atoms with van der Waals surface area (Å²) in [6.07, 6.45) is 7.85. The SMILES string of the molecule is CN(CCC(N)=O)C1(CN)CCCCCC1. The first kappa shape index (κ1) is 13.5. The van der Waals surface area contributed by atoms with E-state index in [4.69, 9.17) is 11.5 Å². The first-order chi connectivity index (χ1) is 7.60. The van der Waals surface area contributed by atoms with Crippen molar-refractivity contribution in [3.8, 4) is 0 Å². The number of carbonyl (C=O) groups is 1. The maximum absolute atomic E-state index is 10.8. The fourth-order valence-electron chi connectivity index (χ4n) is 2.64. The Kier molecular flexibility index (Phi) is 5.22. The molecule has 16 heavy (non-hydrogen) atoms. The molecule has 0 saturated heterocycles. The topological polar surface area (TPSA) is 72.3 Å². The summed E-state index contributed by atoms with van der Waals surface area (Å²) in [5.74, 6) is -0.229. The first-order valence-electron chi connectivity index (χ1n) is 6.30. The fraction of sp³-hybridized carbons (Fsp3) is 0.917. The number of likely N-dealkylation sites (N-methyl/N-ethyl adjacent to an activating group) is 1. The van der Waals surface area contributed by atoms with Crippen molar-refractivity contribution in [3.63, 3.8) is 0 Å². The Balaban J connectivity index is 2.57. The molecule has 0 aromatic rings. The van der Waals surface area contributed by atoms with E-state index in [1.807, 2.05) is 0 Å². The molecular formula is C12H25N3O. The van der Waals surface area contributed by atoms with Crippen molar-refractivity contribution in [2.45, 2.75) is 50.5 Å². The Morgan fingerprint density at radius 1 is 1.25 bits per heavy atom. The van der Waals surface area contributed by atoms with Gasteiger partial charge in [-0.3, -0.25) is 9.69 Å². The van der Waals surface area contributed by atoms with Gasteiger partial charge in [-0.15, -0.1) is 0 Å². The van der Waals surface area contributed by atoms with Gasteiger partial charge in [0.2, 0.25) is 5.91 Å². The van der Waals surface area contributed by atoms with Gasteiger partial charge in [-0.25, -0.2) is 0 Å². The average Bonchev–Trinajstić information content (AvgIpc) is 2.51. The van der Waals surface area contributed by atoms with Crippen LogP contribution in [0.25, 0.3) is 0 Å². The lowest BCUT2D eigenvalue weighted by atomic mass is 9.88. The summed E-state index contributed by atoms with van der Waals surface area (Å²) in [5.41, 5.74) is 11.2. The third kappa shape index (κ3) is 3.46. The highest BCUT2D eigenvalue weighted by atomic mass is 16.1. The van der Waals surface area contributed by atoms with Gasteiger partial charge in [0.25, 0.3) is 0 Å². The maximum atomic E-state index is 10.8. The molecule has 1 rings (SSSR count). The van der Waals surface area contributed by atoms with Crippen LogP contribution in [0.15, 0.2) is 0 Å². The van der Waals surface area contributed by atoms with E-state index in [1.54, 1.807) is 0 Å². The number of carbonyl (C=O) groups excluding carboxylic acids is 1. The second-order valence-corrected chi connectivity index (χ2v) is 4.98. The van der Waals surface area contributed by atoms with Gasteiger partial charge in [0, 0.05) is 25.0 Å². The fourth-order valence-corrected chi connectivity index (χ4v) is 2.64. The molecule has 0 spiro atoms. The smallest absolute Gasteiger partial charge is 0.218 e. The van der Waals surface area contributed by atoms with Gasteiger partial charge in [0.05, 0.1) is 0 Å². The van der Waals surface area contributed by atoms with Crippen LogP contribution in [-0.4, -0.2) is 36.5 Å². The zero-order valence-corrected chi connectivity index (χ0v) is 10.4. The highest BCUT2D eigenvalue weighted by Crippen LogP contribution is 2.30. The lowest BCUT2D eigenvalue weighted by Gasteiger charge is -2.40. The monoisotopic (exact) mass is 227 g/mol. The summed E-state index contributed by atoms with van der Waals surface area (Å²) in [4.78, 5) is 13.1. The van der Waals surface area contributed by atoms with E-state index in [0.717, 1.165) is 19.4 Å². The van der Waals surface area contributed by atoms with Gasteiger partial charge >= 0.3 is 0 Å². The Morgan fingerprint density at radius 3 is 2.25 bits per heavy atom. The number of amides is 1. The van der Waals surface area contributed by atoms with E-state index in [9.17, 15) is 4.79 Å². The van der Waals surface area contributed by atoms with Crippen molar-refractivity contribution in [2.24, 2.45) is 11.5 Å². The number of nitrogens with zero attached hydrogens (tertiary/aromatic N) is 1. The van der Waals surface area contributed by atoms with Crippen LogP contribution in [0.1, 0.15) is 44.9 Å². The van der Waals surface area contributed by atoms with Gasteiger partial charge in [-0.1, -0.05) is 25.7 Å². The Labute approximate surface area is 98.3 Å². The first-order valence-corrected chi connectivity index (χ1v) is 6.30.